The van der Waals surface area contributed by atoms with Gasteiger partial charge in [0.1, 0.15) is 37.1 Å². The first kappa shape index (κ1) is 92.2. The van der Waals surface area contributed by atoms with E-state index in [0.29, 0.717) is 36.9 Å². The van der Waals surface area contributed by atoms with E-state index in [-0.39, 0.29) is 41.0 Å². The summed E-state index contributed by atoms with van der Waals surface area (Å²) in [5, 5.41) is 12.2. The molecule has 0 unspecified atom stereocenters. The van der Waals surface area contributed by atoms with Gasteiger partial charge in [-0.2, -0.15) is 8.42 Å². The molecule has 0 aliphatic carbocycles. The van der Waals surface area contributed by atoms with Crippen LogP contribution in [0.5, 0.6) is 0 Å². The molecule has 2 aliphatic rings. The average Bonchev–Trinajstić information content (AvgIpc) is 0.763. The third-order valence-electron chi connectivity index (χ3n) is 21.3. The van der Waals surface area contributed by atoms with Gasteiger partial charge in [-0.15, -0.1) is 0 Å². The van der Waals surface area contributed by atoms with Gasteiger partial charge in [-0.3, -0.25) is 4.55 Å². The zero-order valence-corrected chi connectivity index (χ0v) is 68.7. The largest absolute Gasteiger partial charge is 0.459 e. The van der Waals surface area contributed by atoms with E-state index in [0.717, 1.165) is 68.6 Å². The summed E-state index contributed by atoms with van der Waals surface area (Å²) in [6, 6.07) is 39.0. The highest BCUT2D eigenvalue weighted by molar-refractivity contribution is 7.80. The summed E-state index contributed by atoms with van der Waals surface area (Å²) >= 11 is 0. The van der Waals surface area contributed by atoms with Gasteiger partial charge in [0.25, 0.3) is 0 Å². The Morgan fingerprint density at radius 2 is 0.705 bits per heavy atom. The fourth-order valence-electron chi connectivity index (χ4n) is 14.3. The number of aliphatic hydroxyl groups excluding tert-OH is 1. The number of ether oxygens (including phenoxy) is 11. The molecule has 2 fully saturated rings. The lowest BCUT2D eigenvalue weighted by Gasteiger charge is -2.48. The fraction of sp³-hybridized carbons (Fsp3) is 0.611. The number of aliphatic hydroxyl groups is 1. The van der Waals surface area contributed by atoms with Crippen molar-refractivity contribution < 1.29 is 98.3 Å². The number of hydrogen-bond donors (Lipinski definition) is 2. The van der Waals surface area contributed by atoms with Gasteiger partial charge < -0.3 is 57.2 Å². The molecule has 5 aromatic carbocycles. The lowest BCUT2D eigenvalue weighted by Crippen LogP contribution is -2.67. The minimum absolute atomic E-state index is 0.0156. The van der Waals surface area contributed by atoms with E-state index in [9.17, 15) is 42.0 Å². The first-order chi connectivity index (χ1) is 53.8. The first-order valence-electron chi connectivity index (χ1n) is 41.1. The molecule has 0 amide bonds. The molecule has 0 aromatic heterocycles. The van der Waals surface area contributed by atoms with Gasteiger partial charge in [-0.05, 0) is 121 Å². The molecule has 22 heteroatoms. The number of esters is 5. The monoisotopic (exact) mass is 1580 g/mol. The Hall–Kier alpha value is -6.96. The Morgan fingerprint density at radius 1 is 0.375 bits per heavy atom. The maximum atomic E-state index is 15.0. The lowest BCUT2D eigenvalue weighted by atomic mass is 9.91. The van der Waals surface area contributed by atoms with E-state index >= 15 is 0 Å². The molecule has 620 valence electrons. The van der Waals surface area contributed by atoms with Crippen molar-refractivity contribution in [1.82, 2.24) is 0 Å². The minimum atomic E-state index is -5.28. The van der Waals surface area contributed by atoms with Crippen LogP contribution >= 0.6 is 0 Å². The molecule has 0 spiro atoms. The molecule has 2 aliphatic heterocycles. The Morgan fingerprint density at radius 3 is 1.09 bits per heavy atom. The summed E-state index contributed by atoms with van der Waals surface area (Å²) in [6.07, 6.45) is 3.19. The van der Waals surface area contributed by atoms with Gasteiger partial charge in [0, 0.05) is 13.2 Å². The molecule has 21 nitrogen and oxygen atoms in total. The van der Waals surface area contributed by atoms with Crippen molar-refractivity contribution >= 4 is 40.2 Å². The van der Waals surface area contributed by atoms with Gasteiger partial charge in [0.05, 0.1) is 47.6 Å². The highest BCUT2D eigenvalue weighted by atomic mass is 32.3. The maximum absolute atomic E-state index is 15.0. The van der Waals surface area contributed by atoms with Crippen molar-refractivity contribution in [2.75, 3.05) is 39.6 Å². The van der Waals surface area contributed by atoms with E-state index < -0.39 is 121 Å². The van der Waals surface area contributed by atoms with Gasteiger partial charge in [-0.1, -0.05) is 276 Å². The molecule has 2 N–H and O–H groups in total. The molecular weight excluding hydrogens is 1450 g/mol. The van der Waals surface area contributed by atoms with E-state index in [2.05, 4.69) is 69.2 Å². The Kier molecular flexibility index (Phi) is 40.9. The normalized spacial score (nSPS) is 21.9. The third kappa shape index (κ3) is 33.8. The van der Waals surface area contributed by atoms with Crippen LogP contribution in [0.4, 0.5) is 0 Å². The summed E-state index contributed by atoms with van der Waals surface area (Å²) in [4.78, 5) is 72.7. The topological polar surface area (TPSA) is 271 Å². The molecule has 7 rings (SSSR count). The highest BCUT2D eigenvalue weighted by Gasteiger charge is 2.57. The molecule has 2 heterocycles. The number of carbonyl (C=O) groups excluding carboxylic acids is 5. The number of carbonyl (C=O) groups is 5. The van der Waals surface area contributed by atoms with Crippen LogP contribution in [0.2, 0.25) is 0 Å². The predicted molar refractivity (Wildman–Crippen MR) is 429 cm³/mol. The molecule has 5 aromatic rings. The third-order valence-corrected chi connectivity index (χ3v) is 21.7. The summed E-state index contributed by atoms with van der Waals surface area (Å²) in [5.74, 6) is 0.0439. The van der Waals surface area contributed by atoms with Crippen LogP contribution in [0.25, 0.3) is 0 Å². The zero-order valence-electron chi connectivity index (χ0n) is 67.8. The average molecular weight is 1580 g/mol. The van der Waals surface area contributed by atoms with E-state index in [1.807, 2.05) is 0 Å². The van der Waals surface area contributed by atoms with E-state index in [4.69, 9.17) is 56.3 Å². The second kappa shape index (κ2) is 49.7. The quantitative estimate of drug-likeness (QED) is 0.0158. The second-order valence-electron chi connectivity index (χ2n) is 32.3. The molecule has 112 heavy (non-hydrogen) atoms. The van der Waals surface area contributed by atoms with Gasteiger partial charge >= 0.3 is 40.2 Å². The minimum Gasteiger partial charge on any atom is -0.459 e. The van der Waals surface area contributed by atoms with Crippen molar-refractivity contribution in [1.29, 1.82) is 0 Å². The van der Waals surface area contributed by atoms with E-state index in [1.54, 1.807) is 91.0 Å². The van der Waals surface area contributed by atoms with Crippen LogP contribution in [-0.2, 0) is 66.7 Å². The van der Waals surface area contributed by atoms with Crippen molar-refractivity contribution in [3.8, 4) is 0 Å². The Balaban J connectivity index is 1.22. The number of benzene rings is 5. The smallest absolute Gasteiger partial charge is 0.397 e. The number of rotatable bonds is 52. The Labute approximate surface area is 666 Å². The SMILES string of the molecule is CC(C)CCC[C@@H](C)CCC[C@@H](C)CCC[C@@H](C)CCOC[C@H](CO[C@@H]1O[C@H](COC(=O)c2ccccc2)[C@@H](O[C@@H]2O[C@H](COS(=O)(=O)O)[C@H](O)[C@H](OC(=O)c3ccccc3)[C@H]2OC(=O)c2ccccc2)[C@H](OC(=O)c2ccccc2)[C@H]1OC(=O)c1ccccc1)OCC[C@H](C)CCC[C@H](C)CCC[C@H](C)CCCC(C)C. The lowest BCUT2D eigenvalue weighted by molar-refractivity contribution is -0.357. The molecular formula is C90H128O21S. The Bertz CT molecular complexity index is 3570. The highest BCUT2D eigenvalue weighted by Crippen LogP contribution is 2.37. The predicted octanol–water partition coefficient (Wildman–Crippen LogP) is 18.1. The molecule has 0 saturated carbocycles. The first-order valence-corrected chi connectivity index (χ1v) is 42.5. The van der Waals surface area contributed by atoms with Crippen molar-refractivity contribution in [3.05, 3.63) is 179 Å². The van der Waals surface area contributed by atoms with Crippen LogP contribution in [-0.4, -0.2) is 155 Å². The van der Waals surface area contributed by atoms with Crippen LogP contribution in [0.1, 0.15) is 249 Å². The number of hydrogen-bond acceptors (Lipinski definition) is 20. The summed E-state index contributed by atoms with van der Waals surface area (Å²) < 4.78 is 111. The van der Waals surface area contributed by atoms with Crippen molar-refractivity contribution in [2.24, 2.45) is 47.3 Å². The van der Waals surface area contributed by atoms with Crippen molar-refractivity contribution in [2.45, 2.75) is 265 Å². The zero-order chi connectivity index (χ0) is 80.8. The maximum Gasteiger partial charge on any atom is 0.397 e. The van der Waals surface area contributed by atoms with Crippen LogP contribution in [0, 0.1) is 47.3 Å². The molecule has 17 atom stereocenters. The fourth-order valence-corrected chi connectivity index (χ4v) is 14.6. The van der Waals surface area contributed by atoms with Crippen LogP contribution < -0.4 is 0 Å². The second-order valence-corrected chi connectivity index (χ2v) is 33.4. The van der Waals surface area contributed by atoms with Crippen LogP contribution in [0.3, 0.4) is 0 Å². The van der Waals surface area contributed by atoms with Crippen LogP contribution in [0.15, 0.2) is 152 Å². The van der Waals surface area contributed by atoms with Gasteiger partial charge in [-0.25, -0.2) is 28.2 Å². The van der Waals surface area contributed by atoms with Gasteiger partial charge in [0.2, 0.25) is 0 Å². The van der Waals surface area contributed by atoms with Gasteiger partial charge in [0.15, 0.2) is 37.0 Å². The van der Waals surface area contributed by atoms with Crippen molar-refractivity contribution in [3.63, 3.8) is 0 Å². The summed E-state index contributed by atoms with van der Waals surface area (Å²) in [6.45, 7) is 21.8. The molecule has 0 radical (unpaired) electrons. The molecule has 0 bridgehead atoms. The molecule has 2 saturated heterocycles. The summed E-state index contributed by atoms with van der Waals surface area (Å²) in [7, 11) is -5.28. The van der Waals surface area contributed by atoms with E-state index in [1.165, 1.54) is 144 Å². The standard InChI is InChI=1S/C90H128O21S/c1-62(2)32-26-34-64(5)36-28-38-66(7)40-30-42-68(9)54-56-100-58-75(101-57-55-69(10)43-31-41-67(8)39-29-37-65(6)35-27-33-63(3)4)59-103-89-83(110-88(96)74-52-24-15-25-53-74)81(108-86(94)72-48-20-13-21-49-72)79(77(106-89)60-102-84(92)70-44-16-11-17-45-70)111-90-82(109-87(95)73-50-22-14-23-51-73)80(107-85(93)71-46-18-12-19-47-71)78(91)76(105-90)61-104-112(97,98)99/h11-25,44-53,62-69,75-83,89-91H,26-43,54-61H2,1-10H3,(H,97,98,99)/t64-,65-,66-,67-,68-,69-,75-,76-,77-,78+,79-,80+,81+,82-,83-,89-,90+/m1/s1. The summed E-state index contributed by atoms with van der Waals surface area (Å²) in [5.41, 5.74) is 0.145.